The van der Waals surface area contributed by atoms with Gasteiger partial charge in [-0.2, -0.15) is 5.10 Å². The van der Waals surface area contributed by atoms with E-state index in [1.165, 1.54) is 10.9 Å². The van der Waals surface area contributed by atoms with Gasteiger partial charge in [-0.1, -0.05) is 18.0 Å². The molecule has 2 atom stereocenters. The van der Waals surface area contributed by atoms with Crippen LogP contribution in [-0.4, -0.2) is 21.6 Å². The van der Waals surface area contributed by atoms with Gasteiger partial charge in [0.05, 0.1) is 11.2 Å². The second-order valence-corrected chi connectivity index (χ2v) is 4.44. The van der Waals surface area contributed by atoms with Crippen LogP contribution in [-0.2, 0) is 7.05 Å². The zero-order valence-electron chi connectivity index (χ0n) is 8.61. The van der Waals surface area contributed by atoms with Gasteiger partial charge in [-0.05, 0) is 12.8 Å². The molecule has 4 nitrogen and oxygen atoms in total. The molecular formula is C10H14ClN3O. The average Bonchev–Trinajstić information content (AvgIpc) is 2.73. The number of carbonyl (C=O) groups excluding carboxylic acids is 1. The van der Waals surface area contributed by atoms with Crippen LogP contribution in [0, 0.1) is 5.92 Å². The van der Waals surface area contributed by atoms with E-state index in [0.29, 0.717) is 10.7 Å². The SMILES string of the molecule is Cn1ncc(Cl)c1C(=O)C1CCCC1N. The topological polar surface area (TPSA) is 60.9 Å². The van der Waals surface area contributed by atoms with Crippen molar-refractivity contribution >= 4 is 17.4 Å². The Morgan fingerprint density at radius 1 is 1.67 bits per heavy atom. The van der Waals surface area contributed by atoms with Crippen LogP contribution in [0.4, 0.5) is 0 Å². The van der Waals surface area contributed by atoms with Crippen LogP contribution in [0.1, 0.15) is 29.8 Å². The molecule has 0 saturated heterocycles. The van der Waals surface area contributed by atoms with E-state index in [1.54, 1.807) is 7.05 Å². The Hall–Kier alpha value is -0.870. The van der Waals surface area contributed by atoms with Crippen molar-refractivity contribution in [2.75, 3.05) is 0 Å². The first-order valence-corrected chi connectivity index (χ1v) is 5.46. The smallest absolute Gasteiger partial charge is 0.186 e. The minimum Gasteiger partial charge on any atom is -0.327 e. The van der Waals surface area contributed by atoms with Gasteiger partial charge in [-0.3, -0.25) is 9.48 Å². The number of nitrogens with two attached hydrogens (primary N) is 1. The molecule has 82 valence electrons. The van der Waals surface area contributed by atoms with Crippen LogP contribution in [0.3, 0.4) is 0 Å². The van der Waals surface area contributed by atoms with Gasteiger partial charge >= 0.3 is 0 Å². The van der Waals surface area contributed by atoms with Crippen molar-refractivity contribution in [3.8, 4) is 0 Å². The highest BCUT2D eigenvalue weighted by atomic mass is 35.5. The summed E-state index contributed by atoms with van der Waals surface area (Å²) in [6, 6.07) is -0.0246. The van der Waals surface area contributed by atoms with Crippen molar-refractivity contribution in [2.24, 2.45) is 18.7 Å². The predicted molar refractivity (Wildman–Crippen MR) is 57.9 cm³/mol. The third kappa shape index (κ3) is 1.79. The number of carbonyl (C=O) groups is 1. The fraction of sp³-hybridized carbons (Fsp3) is 0.600. The summed E-state index contributed by atoms with van der Waals surface area (Å²) in [7, 11) is 1.72. The summed E-state index contributed by atoms with van der Waals surface area (Å²) in [4.78, 5) is 12.1. The van der Waals surface area contributed by atoms with Crippen molar-refractivity contribution < 1.29 is 4.79 Å². The minimum absolute atomic E-state index is 0.0246. The molecule has 0 aliphatic heterocycles. The van der Waals surface area contributed by atoms with E-state index >= 15 is 0 Å². The lowest BCUT2D eigenvalue weighted by atomic mass is 9.97. The summed E-state index contributed by atoms with van der Waals surface area (Å²) in [5.74, 6) is -0.0529. The average molecular weight is 228 g/mol. The van der Waals surface area contributed by atoms with Gasteiger partial charge in [-0.25, -0.2) is 0 Å². The molecule has 15 heavy (non-hydrogen) atoms. The summed E-state index contributed by atoms with van der Waals surface area (Å²) in [5.41, 5.74) is 6.38. The summed E-state index contributed by atoms with van der Waals surface area (Å²) in [6.45, 7) is 0. The predicted octanol–water partition coefficient (Wildman–Crippen LogP) is 1.38. The van der Waals surface area contributed by atoms with Crippen LogP contribution in [0.15, 0.2) is 6.20 Å². The second kappa shape index (κ2) is 3.94. The maximum atomic E-state index is 12.1. The van der Waals surface area contributed by atoms with Gasteiger partial charge in [0.2, 0.25) is 0 Å². The van der Waals surface area contributed by atoms with Crippen LogP contribution in [0.5, 0.6) is 0 Å². The summed E-state index contributed by atoms with van der Waals surface area (Å²) < 4.78 is 1.52. The number of rotatable bonds is 2. The fourth-order valence-corrected chi connectivity index (χ4v) is 2.44. The molecule has 0 amide bonds. The first-order chi connectivity index (χ1) is 7.11. The number of nitrogens with zero attached hydrogens (tertiary/aromatic N) is 2. The Labute approximate surface area is 93.4 Å². The van der Waals surface area contributed by atoms with Crippen LogP contribution < -0.4 is 5.73 Å². The highest BCUT2D eigenvalue weighted by Crippen LogP contribution is 2.29. The number of halogens is 1. The molecule has 2 rings (SSSR count). The number of Topliss-reactive ketones (excluding diaryl/α,β-unsaturated/α-hetero) is 1. The lowest BCUT2D eigenvalue weighted by molar-refractivity contribution is 0.0904. The normalized spacial score (nSPS) is 25.8. The van der Waals surface area contributed by atoms with E-state index in [-0.39, 0.29) is 17.7 Å². The van der Waals surface area contributed by atoms with Crippen LogP contribution in [0.2, 0.25) is 5.02 Å². The van der Waals surface area contributed by atoms with Crippen molar-refractivity contribution in [2.45, 2.75) is 25.3 Å². The minimum atomic E-state index is -0.0853. The van der Waals surface area contributed by atoms with E-state index in [0.717, 1.165) is 19.3 Å². The maximum absolute atomic E-state index is 12.1. The maximum Gasteiger partial charge on any atom is 0.186 e. The summed E-state index contributed by atoms with van der Waals surface area (Å²) >= 11 is 5.92. The van der Waals surface area contributed by atoms with Gasteiger partial charge in [0.25, 0.3) is 0 Å². The zero-order valence-corrected chi connectivity index (χ0v) is 9.37. The first-order valence-electron chi connectivity index (χ1n) is 5.08. The molecule has 0 radical (unpaired) electrons. The number of aryl methyl sites for hydroxylation is 1. The number of aromatic nitrogens is 2. The molecule has 1 saturated carbocycles. The Morgan fingerprint density at radius 2 is 2.40 bits per heavy atom. The van der Waals surface area contributed by atoms with Crippen LogP contribution in [0.25, 0.3) is 0 Å². The molecule has 1 aromatic heterocycles. The quantitative estimate of drug-likeness (QED) is 0.777. The number of ketones is 1. The summed E-state index contributed by atoms with van der Waals surface area (Å²) in [6.07, 6.45) is 4.30. The molecule has 2 unspecified atom stereocenters. The second-order valence-electron chi connectivity index (χ2n) is 4.03. The molecule has 1 aliphatic rings. The van der Waals surface area contributed by atoms with E-state index in [2.05, 4.69) is 5.10 Å². The van der Waals surface area contributed by atoms with E-state index in [1.807, 2.05) is 0 Å². The van der Waals surface area contributed by atoms with Gasteiger partial charge in [0, 0.05) is 19.0 Å². The summed E-state index contributed by atoms with van der Waals surface area (Å²) in [5, 5.41) is 4.37. The molecule has 5 heteroatoms. The van der Waals surface area contributed by atoms with Crippen molar-refractivity contribution in [3.63, 3.8) is 0 Å². The molecule has 1 aromatic rings. The standard InChI is InChI=1S/C10H14ClN3O/c1-14-9(7(11)5-13-14)10(15)6-3-2-4-8(6)12/h5-6,8H,2-4,12H2,1H3. The van der Waals surface area contributed by atoms with Crippen molar-refractivity contribution in [1.29, 1.82) is 0 Å². The Morgan fingerprint density at radius 3 is 2.87 bits per heavy atom. The van der Waals surface area contributed by atoms with Gasteiger partial charge in [-0.15, -0.1) is 0 Å². The molecule has 2 N–H and O–H groups in total. The molecule has 0 aromatic carbocycles. The first kappa shape index (κ1) is 10.6. The molecule has 1 fully saturated rings. The molecule has 1 heterocycles. The molecule has 0 spiro atoms. The van der Waals surface area contributed by atoms with Crippen molar-refractivity contribution in [1.82, 2.24) is 9.78 Å². The lowest BCUT2D eigenvalue weighted by Gasteiger charge is -2.13. The van der Waals surface area contributed by atoms with E-state index in [9.17, 15) is 4.79 Å². The molecule has 1 aliphatic carbocycles. The zero-order chi connectivity index (χ0) is 11.0. The monoisotopic (exact) mass is 227 g/mol. The van der Waals surface area contributed by atoms with Crippen LogP contribution >= 0.6 is 11.6 Å². The van der Waals surface area contributed by atoms with Gasteiger partial charge in [0.15, 0.2) is 5.78 Å². The Kier molecular flexibility index (Phi) is 2.80. The highest BCUT2D eigenvalue weighted by Gasteiger charge is 2.33. The number of hydrogen-bond donors (Lipinski definition) is 1. The highest BCUT2D eigenvalue weighted by molar-refractivity contribution is 6.33. The molecule has 0 bridgehead atoms. The Bertz CT molecular complexity index is 369. The Balaban J connectivity index is 2.28. The van der Waals surface area contributed by atoms with E-state index in [4.69, 9.17) is 17.3 Å². The molecular weight excluding hydrogens is 214 g/mol. The fourth-order valence-electron chi connectivity index (χ4n) is 2.18. The van der Waals surface area contributed by atoms with Gasteiger partial charge in [0.1, 0.15) is 5.69 Å². The lowest BCUT2D eigenvalue weighted by Crippen LogP contribution is -2.31. The largest absolute Gasteiger partial charge is 0.327 e. The van der Waals surface area contributed by atoms with Gasteiger partial charge < -0.3 is 5.73 Å². The van der Waals surface area contributed by atoms with Crippen molar-refractivity contribution in [3.05, 3.63) is 16.9 Å². The third-order valence-corrected chi connectivity index (χ3v) is 3.31. The number of hydrogen-bond acceptors (Lipinski definition) is 3. The van der Waals surface area contributed by atoms with E-state index < -0.39 is 0 Å². The third-order valence-electron chi connectivity index (χ3n) is 3.03.